The lowest BCUT2D eigenvalue weighted by atomic mass is 10.1. The summed E-state index contributed by atoms with van der Waals surface area (Å²) < 4.78 is 5.16. The number of benzene rings is 2. The SMILES string of the molecule is O=C(OC(CO)c1ccccc1)C(O)c1ccccc1. The van der Waals surface area contributed by atoms with Crippen LogP contribution in [0.2, 0.25) is 0 Å². The molecule has 0 saturated heterocycles. The number of aliphatic hydroxyl groups excluding tert-OH is 2. The quantitative estimate of drug-likeness (QED) is 0.817. The molecule has 0 amide bonds. The van der Waals surface area contributed by atoms with E-state index in [2.05, 4.69) is 0 Å². The maximum Gasteiger partial charge on any atom is 0.340 e. The number of aliphatic hydroxyl groups is 2. The summed E-state index contributed by atoms with van der Waals surface area (Å²) in [5, 5.41) is 19.2. The highest BCUT2D eigenvalue weighted by Gasteiger charge is 2.23. The molecule has 0 fully saturated rings. The van der Waals surface area contributed by atoms with E-state index in [9.17, 15) is 15.0 Å². The molecule has 0 spiro atoms. The predicted octanol–water partition coefficient (Wildman–Crippen LogP) is 2.00. The number of rotatable bonds is 5. The summed E-state index contributed by atoms with van der Waals surface area (Å²) in [4.78, 5) is 11.9. The van der Waals surface area contributed by atoms with Crippen LogP contribution in [0, 0.1) is 0 Å². The molecular weight excluding hydrogens is 256 g/mol. The van der Waals surface area contributed by atoms with Crippen LogP contribution in [0.15, 0.2) is 60.7 Å². The molecule has 20 heavy (non-hydrogen) atoms. The zero-order valence-corrected chi connectivity index (χ0v) is 10.8. The maximum atomic E-state index is 11.9. The van der Waals surface area contributed by atoms with Crippen LogP contribution in [0.4, 0.5) is 0 Å². The molecule has 0 bridgehead atoms. The summed E-state index contributed by atoms with van der Waals surface area (Å²) in [6.45, 7) is -0.336. The molecule has 0 aliphatic heterocycles. The van der Waals surface area contributed by atoms with Crippen LogP contribution >= 0.6 is 0 Å². The van der Waals surface area contributed by atoms with Gasteiger partial charge >= 0.3 is 5.97 Å². The highest BCUT2D eigenvalue weighted by Crippen LogP contribution is 2.21. The van der Waals surface area contributed by atoms with Crippen molar-refractivity contribution in [2.24, 2.45) is 0 Å². The average molecular weight is 272 g/mol. The van der Waals surface area contributed by atoms with E-state index in [0.29, 0.717) is 11.1 Å². The van der Waals surface area contributed by atoms with E-state index in [0.717, 1.165) is 0 Å². The molecule has 2 aromatic carbocycles. The number of ether oxygens (including phenoxy) is 1. The molecular formula is C16H16O4. The minimum Gasteiger partial charge on any atom is -0.453 e. The Balaban J connectivity index is 2.06. The van der Waals surface area contributed by atoms with Crippen molar-refractivity contribution in [2.75, 3.05) is 6.61 Å². The average Bonchev–Trinajstić information content (AvgIpc) is 2.53. The minimum absolute atomic E-state index is 0.336. The van der Waals surface area contributed by atoms with Crippen LogP contribution in [0.25, 0.3) is 0 Å². The third-order valence-electron chi connectivity index (χ3n) is 2.93. The molecule has 2 N–H and O–H groups in total. The molecule has 0 aliphatic rings. The largest absolute Gasteiger partial charge is 0.453 e. The van der Waals surface area contributed by atoms with Gasteiger partial charge in [0.15, 0.2) is 6.10 Å². The third-order valence-corrected chi connectivity index (χ3v) is 2.93. The zero-order chi connectivity index (χ0) is 14.4. The molecule has 0 heterocycles. The molecule has 4 heteroatoms. The Labute approximate surface area is 117 Å². The van der Waals surface area contributed by atoms with Gasteiger partial charge in [0, 0.05) is 0 Å². The summed E-state index contributed by atoms with van der Waals surface area (Å²) in [5.74, 6) is -0.779. The lowest BCUT2D eigenvalue weighted by Gasteiger charge is -2.18. The van der Waals surface area contributed by atoms with Crippen molar-refractivity contribution in [3.8, 4) is 0 Å². The third kappa shape index (κ3) is 3.44. The number of hydrogen-bond acceptors (Lipinski definition) is 4. The Hall–Kier alpha value is -2.17. The second-order valence-corrected chi connectivity index (χ2v) is 4.33. The lowest BCUT2D eigenvalue weighted by Crippen LogP contribution is -2.20. The fraction of sp³-hybridized carbons (Fsp3) is 0.188. The maximum absolute atomic E-state index is 11.9. The molecule has 2 aromatic rings. The molecule has 2 unspecified atom stereocenters. The lowest BCUT2D eigenvalue weighted by molar-refractivity contribution is -0.162. The topological polar surface area (TPSA) is 66.8 Å². The van der Waals surface area contributed by atoms with Gasteiger partial charge in [-0.15, -0.1) is 0 Å². The Kier molecular flexibility index (Phi) is 4.87. The van der Waals surface area contributed by atoms with E-state index in [-0.39, 0.29) is 6.61 Å². The first-order valence-electron chi connectivity index (χ1n) is 6.31. The summed E-state index contributed by atoms with van der Waals surface area (Å²) in [6.07, 6.45) is -2.13. The number of hydrogen-bond donors (Lipinski definition) is 2. The Bertz CT molecular complexity index is 539. The van der Waals surface area contributed by atoms with Gasteiger partial charge < -0.3 is 14.9 Å². The monoisotopic (exact) mass is 272 g/mol. The van der Waals surface area contributed by atoms with Crippen LogP contribution in [0.3, 0.4) is 0 Å². The normalized spacial score (nSPS) is 13.5. The molecule has 2 atom stereocenters. The van der Waals surface area contributed by atoms with Gasteiger partial charge in [0.1, 0.15) is 6.10 Å². The fourth-order valence-electron chi connectivity index (χ4n) is 1.85. The standard InChI is InChI=1S/C16H16O4/c17-11-14(12-7-3-1-4-8-12)20-16(19)15(18)13-9-5-2-6-10-13/h1-10,14-15,17-18H,11H2. The molecule has 4 nitrogen and oxygen atoms in total. The van der Waals surface area contributed by atoms with E-state index in [1.54, 1.807) is 54.6 Å². The first-order chi connectivity index (χ1) is 9.72. The Morgan fingerprint density at radius 2 is 1.45 bits per heavy atom. The second-order valence-electron chi connectivity index (χ2n) is 4.33. The van der Waals surface area contributed by atoms with Crippen LogP contribution in [-0.4, -0.2) is 22.8 Å². The van der Waals surface area contributed by atoms with E-state index < -0.39 is 18.2 Å². The van der Waals surface area contributed by atoms with Gasteiger partial charge in [-0.25, -0.2) is 4.79 Å². The first kappa shape index (κ1) is 14.2. The van der Waals surface area contributed by atoms with Gasteiger partial charge in [0.05, 0.1) is 6.61 Å². The van der Waals surface area contributed by atoms with Gasteiger partial charge in [-0.2, -0.15) is 0 Å². The number of carbonyl (C=O) groups excluding carboxylic acids is 1. The smallest absolute Gasteiger partial charge is 0.340 e. The van der Waals surface area contributed by atoms with Crippen molar-refractivity contribution in [3.05, 3.63) is 71.8 Å². The van der Waals surface area contributed by atoms with Crippen LogP contribution in [0.1, 0.15) is 23.3 Å². The summed E-state index contributed by atoms with van der Waals surface area (Å²) in [5.41, 5.74) is 1.14. The first-order valence-corrected chi connectivity index (χ1v) is 6.31. The van der Waals surface area contributed by atoms with Crippen molar-refractivity contribution < 1.29 is 19.7 Å². The van der Waals surface area contributed by atoms with Gasteiger partial charge in [-0.05, 0) is 11.1 Å². The molecule has 104 valence electrons. The van der Waals surface area contributed by atoms with Gasteiger partial charge in [-0.3, -0.25) is 0 Å². The van der Waals surface area contributed by atoms with Crippen molar-refractivity contribution in [1.82, 2.24) is 0 Å². The predicted molar refractivity (Wildman–Crippen MR) is 73.8 cm³/mol. The fourth-order valence-corrected chi connectivity index (χ4v) is 1.85. The number of carbonyl (C=O) groups is 1. The molecule has 0 aromatic heterocycles. The summed E-state index contributed by atoms with van der Waals surface area (Å²) >= 11 is 0. The van der Waals surface area contributed by atoms with Crippen LogP contribution < -0.4 is 0 Å². The summed E-state index contributed by atoms with van der Waals surface area (Å²) in [6, 6.07) is 17.5. The highest BCUT2D eigenvalue weighted by molar-refractivity contribution is 5.76. The highest BCUT2D eigenvalue weighted by atomic mass is 16.6. The van der Waals surface area contributed by atoms with Crippen LogP contribution in [0.5, 0.6) is 0 Å². The van der Waals surface area contributed by atoms with Gasteiger partial charge in [0.25, 0.3) is 0 Å². The summed E-state index contributed by atoms with van der Waals surface area (Å²) in [7, 11) is 0. The molecule has 2 rings (SSSR count). The number of esters is 1. The Morgan fingerprint density at radius 1 is 0.950 bits per heavy atom. The van der Waals surface area contributed by atoms with Crippen molar-refractivity contribution >= 4 is 5.97 Å². The minimum atomic E-state index is -1.35. The molecule has 0 aliphatic carbocycles. The molecule has 0 radical (unpaired) electrons. The van der Waals surface area contributed by atoms with Crippen molar-refractivity contribution in [2.45, 2.75) is 12.2 Å². The van der Waals surface area contributed by atoms with E-state index in [4.69, 9.17) is 4.74 Å². The zero-order valence-electron chi connectivity index (χ0n) is 10.8. The van der Waals surface area contributed by atoms with Gasteiger partial charge in [0.2, 0.25) is 0 Å². The van der Waals surface area contributed by atoms with E-state index in [1.165, 1.54) is 0 Å². The van der Waals surface area contributed by atoms with E-state index in [1.807, 2.05) is 6.07 Å². The molecule has 0 saturated carbocycles. The van der Waals surface area contributed by atoms with Crippen molar-refractivity contribution in [1.29, 1.82) is 0 Å². The van der Waals surface area contributed by atoms with Crippen LogP contribution in [-0.2, 0) is 9.53 Å². The van der Waals surface area contributed by atoms with Gasteiger partial charge in [-0.1, -0.05) is 60.7 Å². The Morgan fingerprint density at radius 3 is 1.95 bits per heavy atom. The van der Waals surface area contributed by atoms with Crippen molar-refractivity contribution in [3.63, 3.8) is 0 Å². The van der Waals surface area contributed by atoms with E-state index >= 15 is 0 Å². The second kappa shape index (κ2) is 6.84.